The number of pyridine rings is 2. The monoisotopic (exact) mass is 988 g/mol. The number of ether oxygens (including phenoxy) is 2. The molecule has 362 valence electrons. The van der Waals surface area contributed by atoms with Crippen LogP contribution in [0.4, 0.5) is 38.2 Å². The SMILES string of the molecule is C1CC2CNC1CN2.CC(C)(C)OC(=O)Nc1ccccc1NC(=O)c1ccc(Cl)nc1.Cl.Cl.Nc1ccccc1NC(=O)c1ccc(N2CC3CCC2CN3C(=O)OCc2ccccc2)nc1. The van der Waals surface area contributed by atoms with Gasteiger partial charge in [0, 0.05) is 56.7 Å². The van der Waals surface area contributed by atoms with E-state index < -0.39 is 11.7 Å². The average Bonchev–Trinajstić information content (AvgIpc) is 3.33. The molecule has 6 saturated heterocycles. The minimum Gasteiger partial charge on any atom is -0.445 e. The molecule has 19 heteroatoms. The molecule has 0 spiro atoms. The van der Waals surface area contributed by atoms with Crippen LogP contribution in [0.5, 0.6) is 0 Å². The van der Waals surface area contributed by atoms with E-state index in [2.05, 4.69) is 41.5 Å². The highest BCUT2D eigenvalue weighted by atomic mass is 35.5. The maximum Gasteiger partial charge on any atom is 0.412 e. The van der Waals surface area contributed by atoms with Gasteiger partial charge in [0.25, 0.3) is 11.8 Å². The number of aromatic nitrogens is 2. The molecule has 4 atom stereocenters. The van der Waals surface area contributed by atoms with Crippen molar-refractivity contribution < 1.29 is 28.7 Å². The molecule has 6 fully saturated rings. The van der Waals surface area contributed by atoms with Crippen molar-refractivity contribution in [2.45, 2.75) is 82.8 Å². The third kappa shape index (κ3) is 14.9. The number of anilines is 5. The van der Waals surface area contributed by atoms with Crippen molar-refractivity contribution in [3.63, 3.8) is 0 Å². The molecule has 0 saturated carbocycles. The van der Waals surface area contributed by atoms with Gasteiger partial charge in [-0.05, 0) is 101 Å². The summed E-state index contributed by atoms with van der Waals surface area (Å²) in [6.07, 6.45) is 6.80. The van der Waals surface area contributed by atoms with Gasteiger partial charge in [-0.3, -0.25) is 14.9 Å². The first-order valence-electron chi connectivity index (χ1n) is 22.1. The molecule has 6 aliphatic rings. The predicted molar refractivity (Wildman–Crippen MR) is 271 cm³/mol. The summed E-state index contributed by atoms with van der Waals surface area (Å²) in [6.45, 7) is 9.29. The van der Waals surface area contributed by atoms with E-state index >= 15 is 0 Å². The van der Waals surface area contributed by atoms with Gasteiger partial charge < -0.3 is 46.3 Å². The number of nitrogens with one attached hydrogen (secondary N) is 5. The summed E-state index contributed by atoms with van der Waals surface area (Å²) in [4.78, 5) is 62.0. The number of nitrogens with two attached hydrogens (primary N) is 1. The molecule has 7 N–H and O–H groups in total. The zero-order valence-corrected chi connectivity index (χ0v) is 40.5. The Hall–Kier alpha value is -6.17. The molecule has 3 aromatic carbocycles. The first kappa shape index (κ1) is 52.8. The number of halogens is 3. The van der Waals surface area contributed by atoms with Crippen LogP contribution in [0.2, 0.25) is 5.15 Å². The van der Waals surface area contributed by atoms with Gasteiger partial charge in [0.1, 0.15) is 23.2 Å². The number of para-hydroxylation sites is 4. The number of amides is 4. The summed E-state index contributed by atoms with van der Waals surface area (Å²) in [5.74, 6) is 0.185. The third-order valence-electron chi connectivity index (χ3n) is 11.5. The van der Waals surface area contributed by atoms with Gasteiger partial charge >= 0.3 is 12.2 Å². The minimum absolute atomic E-state index is 0. The van der Waals surface area contributed by atoms with Crippen molar-refractivity contribution in [2.24, 2.45) is 0 Å². The fourth-order valence-corrected chi connectivity index (χ4v) is 8.13. The Labute approximate surface area is 414 Å². The molecular weight excluding hydrogens is 931 g/mol. The molecule has 4 amide bonds. The summed E-state index contributed by atoms with van der Waals surface area (Å²) in [5, 5.41) is 15.4. The second-order valence-corrected chi connectivity index (χ2v) is 17.8. The molecule has 4 bridgehead atoms. The van der Waals surface area contributed by atoms with E-state index in [1.807, 2.05) is 53.4 Å². The van der Waals surface area contributed by atoms with Crippen molar-refractivity contribution in [2.75, 3.05) is 52.8 Å². The van der Waals surface area contributed by atoms with Crippen molar-refractivity contribution in [3.05, 3.63) is 137 Å². The Bertz CT molecular complexity index is 2420. The highest BCUT2D eigenvalue weighted by Crippen LogP contribution is 2.33. The molecule has 6 aliphatic heterocycles. The van der Waals surface area contributed by atoms with Crippen molar-refractivity contribution in [1.29, 1.82) is 0 Å². The lowest BCUT2D eigenvalue weighted by molar-refractivity contribution is 0.0500. The number of carbonyl (C=O) groups excluding carboxylic acids is 4. The Morgan fingerprint density at radius 1 is 0.691 bits per heavy atom. The number of hydrogen-bond donors (Lipinski definition) is 6. The topological polar surface area (TPSA) is 205 Å². The van der Waals surface area contributed by atoms with E-state index in [1.54, 1.807) is 75.5 Å². The number of nitrogens with zero attached hydrogens (tertiary/aromatic N) is 4. The van der Waals surface area contributed by atoms with E-state index in [0.717, 1.165) is 36.3 Å². The number of benzene rings is 3. The summed E-state index contributed by atoms with van der Waals surface area (Å²) in [5.41, 5.74) is 9.05. The van der Waals surface area contributed by atoms with Gasteiger partial charge in [-0.1, -0.05) is 66.2 Å². The first-order chi connectivity index (χ1) is 31.8. The molecule has 8 heterocycles. The zero-order valence-electron chi connectivity index (χ0n) is 38.2. The lowest BCUT2D eigenvalue weighted by Crippen LogP contribution is -2.64. The van der Waals surface area contributed by atoms with Gasteiger partial charge in [0.05, 0.1) is 39.9 Å². The van der Waals surface area contributed by atoms with E-state index in [1.165, 1.54) is 38.2 Å². The number of hydrogen-bond acceptors (Lipinski definition) is 12. The van der Waals surface area contributed by atoms with Crippen molar-refractivity contribution in [3.8, 4) is 0 Å². The zero-order chi connectivity index (χ0) is 46.6. The predicted octanol–water partition coefficient (Wildman–Crippen LogP) is 8.79. The summed E-state index contributed by atoms with van der Waals surface area (Å²) in [7, 11) is 0. The van der Waals surface area contributed by atoms with Gasteiger partial charge in [0.2, 0.25) is 0 Å². The highest BCUT2D eigenvalue weighted by Gasteiger charge is 2.42. The summed E-state index contributed by atoms with van der Waals surface area (Å²) in [6, 6.07) is 32.2. The number of carbonyl (C=O) groups is 4. The molecule has 68 heavy (non-hydrogen) atoms. The van der Waals surface area contributed by atoms with Crippen molar-refractivity contribution >= 4 is 89.0 Å². The van der Waals surface area contributed by atoms with E-state index in [-0.39, 0.29) is 61.4 Å². The molecular formula is C49H59Cl3N10O6. The summed E-state index contributed by atoms with van der Waals surface area (Å²) < 4.78 is 10.8. The van der Waals surface area contributed by atoms with Crippen LogP contribution < -0.4 is 37.2 Å². The Balaban J connectivity index is 0.000000220. The Morgan fingerprint density at radius 2 is 1.25 bits per heavy atom. The van der Waals surface area contributed by atoms with Gasteiger partial charge in [-0.25, -0.2) is 19.6 Å². The van der Waals surface area contributed by atoms with Crippen LogP contribution in [-0.2, 0) is 16.1 Å². The fourth-order valence-electron chi connectivity index (χ4n) is 8.02. The van der Waals surface area contributed by atoms with E-state index in [4.69, 9.17) is 26.8 Å². The van der Waals surface area contributed by atoms with Crippen LogP contribution in [0, 0.1) is 0 Å². The molecule has 2 aromatic heterocycles. The molecule has 16 nitrogen and oxygen atoms in total. The second kappa shape index (κ2) is 24.7. The fraction of sp³-hybridized carbons (Fsp3) is 0.347. The normalized spacial score (nSPS) is 18.6. The van der Waals surface area contributed by atoms with Crippen LogP contribution in [-0.4, -0.2) is 94.8 Å². The average molecular weight is 990 g/mol. The largest absolute Gasteiger partial charge is 0.445 e. The van der Waals surface area contributed by atoms with Crippen LogP contribution in [0.25, 0.3) is 0 Å². The van der Waals surface area contributed by atoms with E-state index in [9.17, 15) is 19.2 Å². The summed E-state index contributed by atoms with van der Waals surface area (Å²) >= 11 is 5.71. The number of piperazine rings is 2. The van der Waals surface area contributed by atoms with Gasteiger partial charge in [0.15, 0.2) is 0 Å². The standard InChI is InChI=1S/C26H27N5O3.C17H18ClN3O3.C6H12N2.2ClH/c27-22-8-4-5-9-23(22)29-25(32)19-10-13-24(28-14-19)30-15-21-12-11-20(30)16-31(21)26(33)34-17-18-6-2-1-3-7-18;1-17(2,3)24-16(23)21-13-7-5-4-6-12(13)20-15(22)11-8-9-14(18)19-10-11;1-2-6-4-7-5(1)3-8-6;;/h1-10,13-14,20-21H,11-12,15-17,27H2,(H,29,32);4-10H,1-3H3,(H,20,22)(H,21,23);5-8H,1-4H2;2*1H. The van der Waals surface area contributed by atoms with Crippen molar-refractivity contribution in [1.82, 2.24) is 25.5 Å². The Morgan fingerprint density at radius 3 is 1.76 bits per heavy atom. The first-order valence-corrected chi connectivity index (χ1v) is 22.5. The van der Waals surface area contributed by atoms with Gasteiger partial charge in [-0.2, -0.15) is 0 Å². The number of piperidine rings is 4. The van der Waals surface area contributed by atoms with E-state index in [0.29, 0.717) is 52.1 Å². The van der Waals surface area contributed by atoms with Crippen LogP contribution in [0.1, 0.15) is 72.7 Å². The maximum atomic E-state index is 12.7. The smallest absolute Gasteiger partial charge is 0.412 e. The highest BCUT2D eigenvalue weighted by molar-refractivity contribution is 6.29. The molecule has 0 radical (unpaired) electrons. The van der Waals surface area contributed by atoms with Crippen LogP contribution in [0.15, 0.2) is 116 Å². The number of nitrogen functional groups attached to an aromatic ring is 1. The number of fused-ring (bicyclic) bond motifs is 6. The van der Waals surface area contributed by atoms with Crippen LogP contribution >= 0.6 is 36.4 Å². The molecule has 5 aromatic rings. The molecule has 11 rings (SSSR count). The third-order valence-corrected chi connectivity index (χ3v) is 11.7. The van der Waals surface area contributed by atoms with Crippen LogP contribution in [0.3, 0.4) is 0 Å². The Kier molecular flexibility index (Phi) is 19.2. The maximum absolute atomic E-state index is 12.7. The number of rotatable bonds is 8. The molecule has 0 aliphatic carbocycles. The van der Waals surface area contributed by atoms with Gasteiger partial charge in [-0.15, -0.1) is 24.8 Å². The quantitative estimate of drug-likeness (QED) is 0.0638. The minimum atomic E-state index is -0.614. The molecule has 4 unspecified atom stereocenters. The lowest BCUT2D eigenvalue weighted by atomic mass is 9.91. The second-order valence-electron chi connectivity index (χ2n) is 17.5. The lowest BCUT2D eigenvalue weighted by Gasteiger charge is -2.51.